The first-order chi connectivity index (χ1) is 11.6. The highest BCUT2D eigenvalue weighted by Gasteiger charge is 2.11. The summed E-state index contributed by atoms with van der Waals surface area (Å²) in [5, 5.41) is 6.58. The topological polar surface area (TPSA) is 64.4 Å². The number of carbonyl (C=O) groups excluding carboxylic acids is 1. The molecule has 0 saturated carbocycles. The van der Waals surface area contributed by atoms with Crippen molar-refractivity contribution in [2.45, 2.75) is 6.42 Å². The molecule has 0 spiro atoms. The van der Waals surface area contributed by atoms with E-state index in [1.165, 1.54) is 24.3 Å². The minimum absolute atomic E-state index is 0.0665. The van der Waals surface area contributed by atoms with Gasteiger partial charge in [-0.25, -0.2) is 4.39 Å². The van der Waals surface area contributed by atoms with Crippen LogP contribution in [0.25, 0.3) is 11.3 Å². The first-order valence-corrected chi connectivity index (χ1v) is 7.29. The molecular weight excluding hydrogens is 311 g/mol. The van der Waals surface area contributed by atoms with E-state index in [-0.39, 0.29) is 18.1 Å². The van der Waals surface area contributed by atoms with Gasteiger partial charge in [-0.05, 0) is 48.5 Å². The van der Waals surface area contributed by atoms with Crippen LogP contribution in [0, 0.1) is 5.82 Å². The van der Waals surface area contributed by atoms with Crippen LogP contribution < -0.4 is 10.1 Å². The molecule has 0 aliphatic rings. The summed E-state index contributed by atoms with van der Waals surface area (Å²) >= 11 is 0. The maximum Gasteiger partial charge on any atom is 0.230 e. The molecule has 0 radical (unpaired) electrons. The Labute approximate surface area is 138 Å². The van der Waals surface area contributed by atoms with Crippen molar-refractivity contribution in [2.24, 2.45) is 0 Å². The van der Waals surface area contributed by atoms with Gasteiger partial charge in [-0.1, -0.05) is 5.16 Å². The van der Waals surface area contributed by atoms with Crippen molar-refractivity contribution in [3.05, 3.63) is 66.1 Å². The number of rotatable bonds is 5. The second kappa shape index (κ2) is 6.95. The summed E-state index contributed by atoms with van der Waals surface area (Å²) in [4.78, 5) is 12.0. The molecule has 0 fully saturated rings. The van der Waals surface area contributed by atoms with Crippen LogP contribution in [0.1, 0.15) is 5.69 Å². The number of nitrogens with zero attached hydrogens (tertiary/aromatic N) is 1. The lowest BCUT2D eigenvalue weighted by molar-refractivity contribution is -0.115. The van der Waals surface area contributed by atoms with Crippen LogP contribution in [0.5, 0.6) is 5.75 Å². The highest BCUT2D eigenvalue weighted by Crippen LogP contribution is 2.23. The van der Waals surface area contributed by atoms with Gasteiger partial charge < -0.3 is 14.6 Å². The molecule has 2 aromatic carbocycles. The van der Waals surface area contributed by atoms with Crippen molar-refractivity contribution in [1.29, 1.82) is 0 Å². The third-order valence-electron chi connectivity index (χ3n) is 3.40. The fourth-order valence-electron chi connectivity index (χ4n) is 2.19. The second-order valence-corrected chi connectivity index (χ2v) is 5.14. The van der Waals surface area contributed by atoms with E-state index in [1.807, 2.05) is 24.3 Å². The Morgan fingerprint density at radius 1 is 1.17 bits per heavy atom. The summed E-state index contributed by atoms with van der Waals surface area (Å²) in [5.41, 5.74) is 1.88. The number of hydrogen-bond acceptors (Lipinski definition) is 4. The zero-order valence-corrected chi connectivity index (χ0v) is 13.0. The minimum Gasteiger partial charge on any atom is -0.497 e. The third kappa shape index (κ3) is 3.78. The minimum atomic E-state index is -0.353. The molecule has 0 atom stereocenters. The predicted molar refractivity (Wildman–Crippen MR) is 87.2 cm³/mol. The summed E-state index contributed by atoms with van der Waals surface area (Å²) < 4.78 is 23.2. The maximum atomic E-state index is 12.8. The predicted octanol–water partition coefficient (Wildman–Crippen LogP) is 3.67. The van der Waals surface area contributed by atoms with Crippen LogP contribution in [0.4, 0.5) is 10.1 Å². The van der Waals surface area contributed by atoms with Gasteiger partial charge in [0.25, 0.3) is 0 Å². The number of hydrogen-bond donors (Lipinski definition) is 1. The van der Waals surface area contributed by atoms with Gasteiger partial charge >= 0.3 is 0 Å². The zero-order valence-electron chi connectivity index (χ0n) is 13.0. The van der Waals surface area contributed by atoms with Crippen molar-refractivity contribution < 1.29 is 18.4 Å². The number of nitrogens with one attached hydrogen (secondary N) is 1. The SMILES string of the molecule is COc1ccc(-c2cc(CC(=O)Nc3ccc(F)cc3)no2)cc1. The molecule has 0 unspecified atom stereocenters. The van der Waals surface area contributed by atoms with Crippen LogP contribution in [-0.2, 0) is 11.2 Å². The molecule has 5 nitrogen and oxygen atoms in total. The van der Waals surface area contributed by atoms with Gasteiger partial charge in [-0.3, -0.25) is 4.79 Å². The zero-order chi connectivity index (χ0) is 16.9. The Kier molecular flexibility index (Phi) is 4.56. The van der Waals surface area contributed by atoms with Gasteiger partial charge in [0.2, 0.25) is 5.91 Å². The molecule has 6 heteroatoms. The van der Waals surface area contributed by atoms with E-state index < -0.39 is 0 Å². The quantitative estimate of drug-likeness (QED) is 0.777. The van der Waals surface area contributed by atoms with Gasteiger partial charge in [-0.15, -0.1) is 0 Å². The Morgan fingerprint density at radius 3 is 2.54 bits per heavy atom. The number of aromatic nitrogens is 1. The van der Waals surface area contributed by atoms with Gasteiger partial charge in [0.05, 0.1) is 19.2 Å². The molecule has 0 aliphatic heterocycles. The number of anilines is 1. The Morgan fingerprint density at radius 2 is 1.88 bits per heavy atom. The molecule has 1 heterocycles. The van der Waals surface area contributed by atoms with Crippen molar-refractivity contribution >= 4 is 11.6 Å². The van der Waals surface area contributed by atoms with Gasteiger partial charge in [0.15, 0.2) is 5.76 Å². The normalized spacial score (nSPS) is 10.4. The van der Waals surface area contributed by atoms with E-state index in [4.69, 9.17) is 9.26 Å². The molecular formula is C18H15FN2O3. The summed E-state index contributed by atoms with van der Waals surface area (Å²) in [6.07, 6.45) is 0.0665. The van der Waals surface area contributed by atoms with Gasteiger partial charge in [0, 0.05) is 17.3 Å². The molecule has 0 saturated heterocycles. The molecule has 3 rings (SSSR count). The Bertz CT molecular complexity index is 826. The highest BCUT2D eigenvalue weighted by molar-refractivity contribution is 5.92. The standard InChI is InChI=1S/C18H15FN2O3/c1-23-16-8-2-12(3-9-16)17-10-15(21-24-17)11-18(22)20-14-6-4-13(19)5-7-14/h2-10H,11H2,1H3,(H,20,22). The lowest BCUT2D eigenvalue weighted by Crippen LogP contribution is -2.14. The molecule has 1 amide bonds. The monoisotopic (exact) mass is 326 g/mol. The van der Waals surface area contributed by atoms with Crippen molar-refractivity contribution in [2.75, 3.05) is 12.4 Å². The third-order valence-corrected chi connectivity index (χ3v) is 3.40. The Balaban J connectivity index is 1.64. The lowest BCUT2D eigenvalue weighted by atomic mass is 10.1. The average Bonchev–Trinajstić information content (AvgIpc) is 3.05. The number of methoxy groups -OCH3 is 1. The van der Waals surface area contributed by atoms with E-state index in [0.29, 0.717) is 17.1 Å². The van der Waals surface area contributed by atoms with Gasteiger partial charge in [0.1, 0.15) is 11.6 Å². The average molecular weight is 326 g/mol. The fourth-order valence-corrected chi connectivity index (χ4v) is 2.19. The van der Waals surface area contributed by atoms with Gasteiger partial charge in [-0.2, -0.15) is 0 Å². The van der Waals surface area contributed by atoms with Crippen molar-refractivity contribution in [3.8, 4) is 17.1 Å². The first kappa shape index (κ1) is 15.7. The van der Waals surface area contributed by atoms with Crippen molar-refractivity contribution in [1.82, 2.24) is 5.16 Å². The van der Waals surface area contributed by atoms with Crippen molar-refractivity contribution in [3.63, 3.8) is 0 Å². The number of ether oxygens (including phenoxy) is 1. The van der Waals surface area contributed by atoms with E-state index in [0.717, 1.165) is 11.3 Å². The molecule has 3 aromatic rings. The number of amides is 1. The van der Waals surface area contributed by atoms with Crippen LogP contribution in [-0.4, -0.2) is 18.2 Å². The fraction of sp³-hybridized carbons (Fsp3) is 0.111. The summed E-state index contributed by atoms with van der Waals surface area (Å²) in [6, 6.07) is 14.6. The lowest BCUT2D eigenvalue weighted by Gasteiger charge is -2.03. The van der Waals surface area contributed by atoms with E-state index in [9.17, 15) is 9.18 Å². The van der Waals surface area contributed by atoms with Crippen LogP contribution in [0.3, 0.4) is 0 Å². The smallest absolute Gasteiger partial charge is 0.230 e. The largest absolute Gasteiger partial charge is 0.497 e. The summed E-state index contributed by atoms with van der Waals surface area (Å²) in [7, 11) is 1.60. The van der Waals surface area contributed by atoms with E-state index >= 15 is 0 Å². The van der Waals surface area contributed by atoms with Crippen LogP contribution in [0.15, 0.2) is 59.1 Å². The molecule has 1 N–H and O–H groups in total. The van der Waals surface area contributed by atoms with E-state index in [1.54, 1.807) is 13.2 Å². The number of benzene rings is 2. The molecule has 122 valence electrons. The van der Waals surface area contributed by atoms with Crippen LogP contribution in [0.2, 0.25) is 0 Å². The van der Waals surface area contributed by atoms with Crippen LogP contribution >= 0.6 is 0 Å². The first-order valence-electron chi connectivity index (χ1n) is 7.29. The summed E-state index contributed by atoms with van der Waals surface area (Å²) in [5.74, 6) is 0.712. The van der Waals surface area contributed by atoms with E-state index in [2.05, 4.69) is 10.5 Å². The number of halogens is 1. The summed E-state index contributed by atoms with van der Waals surface area (Å²) in [6.45, 7) is 0. The molecule has 0 aliphatic carbocycles. The maximum absolute atomic E-state index is 12.8. The number of carbonyl (C=O) groups is 1. The highest BCUT2D eigenvalue weighted by atomic mass is 19.1. The Hall–Kier alpha value is -3.15. The second-order valence-electron chi connectivity index (χ2n) is 5.14. The molecule has 0 bridgehead atoms. The molecule has 1 aromatic heterocycles. The molecule has 24 heavy (non-hydrogen) atoms.